The van der Waals surface area contributed by atoms with Crippen molar-refractivity contribution >= 4 is 11.8 Å². The Kier molecular flexibility index (Phi) is 6.11. The predicted octanol–water partition coefficient (Wildman–Crippen LogP) is 3.01. The molecule has 1 heterocycles. The second-order valence-electron chi connectivity index (χ2n) is 4.53. The third-order valence-electron chi connectivity index (χ3n) is 2.77. The van der Waals surface area contributed by atoms with Crippen molar-refractivity contribution in [3.05, 3.63) is 47.3 Å². The second kappa shape index (κ2) is 8.09. The number of hydrogen-bond donors (Lipinski definition) is 1. The van der Waals surface area contributed by atoms with Gasteiger partial charge in [0, 0.05) is 36.9 Å². The fourth-order valence-electron chi connectivity index (χ4n) is 1.80. The van der Waals surface area contributed by atoms with E-state index in [9.17, 15) is 0 Å². The van der Waals surface area contributed by atoms with Gasteiger partial charge >= 0.3 is 0 Å². The molecule has 0 saturated carbocycles. The number of thioether (sulfide) groups is 1. The Bertz CT molecular complexity index is 528. The average Bonchev–Trinajstić information content (AvgIpc) is 2.88. The molecule has 108 valence electrons. The number of nitrogens with zero attached hydrogens (tertiary/aromatic N) is 1. The molecule has 0 unspecified atom stereocenters. The van der Waals surface area contributed by atoms with Crippen LogP contribution in [0.4, 0.5) is 0 Å². The first-order valence-corrected chi connectivity index (χ1v) is 7.60. The number of ether oxygens (including phenoxy) is 1. The molecule has 0 bridgehead atoms. The molecule has 2 aromatic rings. The summed E-state index contributed by atoms with van der Waals surface area (Å²) in [4.78, 5) is 1.25. The number of methoxy groups -OCH3 is 1. The molecular formula is C15H20N2O2S. The van der Waals surface area contributed by atoms with Crippen LogP contribution < -0.4 is 5.32 Å². The molecule has 0 spiro atoms. The van der Waals surface area contributed by atoms with Gasteiger partial charge in [-0.1, -0.05) is 17.3 Å². The van der Waals surface area contributed by atoms with Gasteiger partial charge in [0.1, 0.15) is 5.76 Å². The zero-order chi connectivity index (χ0) is 14.2. The van der Waals surface area contributed by atoms with E-state index in [0.717, 1.165) is 36.9 Å². The van der Waals surface area contributed by atoms with Crippen molar-refractivity contribution < 1.29 is 9.26 Å². The standard InChI is InChI=1S/C15H20N2O2S/c1-12-8-14(17-19-12)11-20-15-5-3-4-13(9-15)10-16-6-7-18-2/h3-5,8-9,16H,6-7,10-11H2,1-2H3. The van der Waals surface area contributed by atoms with Crippen molar-refractivity contribution in [1.29, 1.82) is 0 Å². The molecule has 0 aliphatic rings. The van der Waals surface area contributed by atoms with Gasteiger partial charge in [0.15, 0.2) is 0 Å². The molecule has 0 radical (unpaired) electrons. The fourth-order valence-corrected chi connectivity index (χ4v) is 2.66. The SMILES string of the molecule is COCCNCc1cccc(SCc2cc(C)on2)c1. The van der Waals surface area contributed by atoms with Crippen molar-refractivity contribution in [3.63, 3.8) is 0 Å². The van der Waals surface area contributed by atoms with Gasteiger partial charge in [-0.05, 0) is 24.6 Å². The topological polar surface area (TPSA) is 47.3 Å². The first kappa shape index (κ1) is 15.1. The van der Waals surface area contributed by atoms with Crippen molar-refractivity contribution in [2.45, 2.75) is 24.1 Å². The lowest BCUT2D eigenvalue weighted by molar-refractivity contribution is 0.199. The average molecular weight is 292 g/mol. The number of rotatable bonds is 8. The van der Waals surface area contributed by atoms with Gasteiger partial charge in [-0.2, -0.15) is 0 Å². The summed E-state index contributed by atoms with van der Waals surface area (Å²) in [6, 6.07) is 10.5. The normalized spacial score (nSPS) is 10.9. The van der Waals surface area contributed by atoms with E-state index in [-0.39, 0.29) is 0 Å². The zero-order valence-electron chi connectivity index (χ0n) is 11.9. The third kappa shape index (κ3) is 5.00. The van der Waals surface area contributed by atoms with Crippen LogP contribution in [0, 0.1) is 6.92 Å². The summed E-state index contributed by atoms with van der Waals surface area (Å²) in [6.45, 7) is 4.38. The Morgan fingerprint density at radius 3 is 3.00 bits per heavy atom. The van der Waals surface area contributed by atoms with Gasteiger partial charge in [-0.25, -0.2) is 0 Å². The van der Waals surface area contributed by atoms with Crippen molar-refractivity contribution in [3.8, 4) is 0 Å². The minimum absolute atomic E-state index is 0.736. The summed E-state index contributed by atoms with van der Waals surface area (Å²) in [5.41, 5.74) is 2.26. The van der Waals surface area contributed by atoms with E-state index in [1.807, 2.05) is 13.0 Å². The maximum absolute atomic E-state index is 5.07. The number of nitrogens with one attached hydrogen (secondary N) is 1. The predicted molar refractivity (Wildman–Crippen MR) is 80.8 cm³/mol. The van der Waals surface area contributed by atoms with E-state index in [1.165, 1.54) is 10.5 Å². The largest absolute Gasteiger partial charge is 0.383 e. The molecule has 0 fully saturated rings. The van der Waals surface area contributed by atoms with Crippen LogP contribution in [0.1, 0.15) is 17.0 Å². The zero-order valence-corrected chi connectivity index (χ0v) is 12.7. The molecule has 0 aliphatic heterocycles. The van der Waals surface area contributed by atoms with Gasteiger partial charge in [-0.3, -0.25) is 0 Å². The molecule has 2 rings (SSSR count). The molecule has 1 aromatic heterocycles. The Hall–Kier alpha value is -1.30. The van der Waals surface area contributed by atoms with Crippen LogP contribution >= 0.6 is 11.8 Å². The van der Waals surface area contributed by atoms with Gasteiger partial charge in [0.05, 0.1) is 12.3 Å². The lowest BCUT2D eigenvalue weighted by atomic mass is 10.2. The van der Waals surface area contributed by atoms with E-state index in [1.54, 1.807) is 18.9 Å². The summed E-state index contributed by atoms with van der Waals surface area (Å²) in [5, 5.41) is 7.35. The van der Waals surface area contributed by atoms with E-state index in [2.05, 4.69) is 34.7 Å². The van der Waals surface area contributed by atoms with E-state index < -0.39 is 0 Å². The molecule has 0 aliphatic carbocycles. The summed E-state index contributed by atoms with van der Waals surface area (Å²) in [7, 11) is 1.71. The van der Waals surface area contributed by atoms with E-state index in [0.29, 0.717) is 0 Å². The first-order valence-electron chi connectivity index (χ1n) is 6.61. The molecule has 1 aromatic carbocycles. The number of hydrogen-bond acceptors (Lipinski definition) is 5. The molecule has 0 amide bonds. The quantitative estimate of drug-likeness (QED) is 0.598. The Balaban J connectivity index is 1.82. The molecule has 1 N–H and O–H groups in total. The van der Waals surface area contributed by atoms with Crippen molar-refractivity contribution in [2.24, 2.45) is 0 Å². The lowest BCUT2D eigenvalue weighted by Crippen LogP contribution is -2.18. The number of aromatic nitrogens is 1. The first-order chi connectivity index (χ1) is 9.78. The summed E-state index contributed by atoms with van der Waals surface area (Å²) >= 11 is 1.77. The molecule has 5 heteroatoms. The van der Waals surface area contributed by atoms with Crippen LogP contribution in [0.25, 0.3) is 0 Å². The van der Waals surface area contributed by atoms with Crippen LogP contribution in [0.5, 0.6) is 0 Å². The van der Waals surface area contributed by atoms with Gasteiger partial charge in [0.2, 0.25) is 0 Å². The number of aryl methyl sites for hydroxylation is 1. The third-order valence-corrected chi connectivity index (χ3v) is 3.80. The highest BCUT2D eigenvalue weighted by molar-refractivity contribution is 7.98. The highest BCUT2D eigenvalue weighted by atomic mass is 32.2. The maximum atomic E-state index is 5.07. The highest BCUT2D eigenvalue weighted by Crippen LogP contribution is 2.23. The minimum atomic E-state index is 0.736. The smallest absolute Gasteiger partial charge is 0.133 e. The van der Waals surface area contributed by atoms with Crippen LogP contribution in [0.3, 0.4) is 0 Å². The maximum Gasteiger partial charge on any atom is 0.133 e. The molecule has 20 heavy (non-hydrogen) atoms. The van der Waals surface area contributed by atoms with Crippen molar-refractivity contribution in [1.82, 2.24) is 10.5 Å². The summed E-state index contributed by atoms with van der Waals surface area (Å²) < 4.78 is 10.1. The minimum Gasteiger partial charge on any atom is -0.383 e. The van der Waals surface area contributed by atoms with Crippen LogP contribution in [-0.2, 0) is 17.0 Å². The van der Waals surface area contributed by atoms with E-state index in [4.69, 9.17) is 9.26 Å². The van der Waals surface area contributed by atoms with Gasteiger partial charge in [0.25, 0.3) is 0 Å². The van der Waals surface area contributed by atoms with Crippen LogP contribution in [0.15, 0.2) is 39.8 Å². The van der Waals surface area contributed by atoms with Gasteiger partial charge < -0.3 is 14.6 Å². The Morgan fingerprint density at radius 1 is 1.35 bits per heavy atom. The van der Waals surface area contributed by atoms with Gasteiger partial charge in [-0.15, -0.1) is 11.8 Å². The van der Waals surface area contributed by atoms with E-state index >= 15 is 0 Å². The highest BCUT2D eigenvalue weighted by Gasteiger charge is 2.02. The second-order valence-corrected chi connectivity index (χ2v) is 5.58. The monoisotopic (exact) mass is 292 g/mol. The summed E-state index contributed by atoms with van der Waals surface area (Å²) in [6.07, 6.45) is 0. The molecule has 0 saturated heterocycles. The van der Waals surface area contributed by atoms with Crippen LogP contribution in [0.2, 0.25) is 0 Å². The van der Waals surface area contributed by atoms with Crippen LogP contribution in [-0.4, -0.2) is 25.4 Å². The molecule has 0 atom stereocenters. The summed E-state index contributed by atoms with van der Waals surface area (Å²) in [5.74, 6) is 1.69. The van der Waals surface area contributed by atoms with Crippen molar-refractivity contribution in [2.75, 3.05) is 20.3 Å². The fraction of sp³-hybridized carbons (Fsp3) is 0.400. The molecule has 4 nitrogen and oxygen atoms in total. The lowest BCUT2D eigenvalue weighted by Gasteiger charge is -2.06. The number of benzene rings is 1. The Labute approximate surface area is 123 Å². The molecular weight excluding hydrogens is 272 g/mol. The Morgan fingerprint density at radius 2 is 2.25 bits per heavy atom.